The van der Waals surface area contributed by atoms with Crippen LogP contribution in [-0.4, -0.2) is 13.1 Å². The molecular formula is C14H20FN. The van der Waals surface area contributed by atoms with Gasteiger partial charge >= 0.3 is 0 Å². The van der Waals surface area contributed by atoms with Gasteiger partial charge in [0, 0.05) is 0 Å². The molecule has 0 unspecified atom stereocenters. The Morgan fingerprint density at radius 3 is 2.56 bits per heavy atom. The van der Waals surface area contributed by atoms with Crippen molar-refractivity contribution in [2.24, 2.45) is 5.92 Å². The lowest BCUT2D eigenvalue weighted by Gasteiger charge is -2.22. The van der Waals surface area contributed by atoms with Crippen molar-refractivity contribution in [1.29, 1.82) is 0 Å². The Bertz CT molecular complexity index is 343. The van der Waals surface area contributed by atoms with Gasteiger partial charge < -0.3 is 5.32 Å². The van der Waals surface area contributed by atoms with Gasteiger partial charge in [0.1, 0.15) is 5.82 Å². The van der Waals surface area contributed by atoms with E-state index < -0.39 is 0 Å². The number of aryl methyl sites for hydroxylation is 1. The normalized spacial score (nSPS) is 17.6. The maximum Gasteiger partial charge on any atom is 0.123 e. The lowest BCUT2D eigenvalue weighted by molar-refractivity contribution is 0.372. The summed E-state index contributed by atoms with van der Waals surface area (Å²) in [7, 11) is 0. The van der Waals surface area contributed by atoms with Crippen molar-refractivity contribution < 1.29 is 4.39 Å². The Morgan fingerprint density at radius 2 is 1.88 bits per heavy atom. The van der Waals surface area contributed by atoms with Crippen molar-refractivity contribution in [3.63, 3.8) is 0 Å². The summed E-state index contributed by atoms with van der Waals surface area (Å²) in [5.74, 6) is 0.649. The molecule has 0 aromatic heterocycles. The lowest BCUT2D eigenvalue weighted by atomic mass is 9.90. The zero-order valence-corrected chi connectivity index (χ0v) is 9.93. The highest BCUT2D eigenvalue weighted by Gasteiger charge is 2.14. The van der Waals surface area contributed by atoms with Crippen LogP contribution in [0.25, 0.3) is 0 Å². The molecule has 1 fully saturated rings. The number of benzene rings is 1. The summed E-state index contributed by atoms with van der Waals surface area (Å²) >= 11 is 0. The Hall–Kier alpha value is -0.890. The van der Waals surface area contributed by atoms with Gasteiger partial charge in [0.05, 0.1) is 0 Å². The van der Waals surface area contributed by atoms with Crippen molar-refractivity contribution in [3.05, 3.63) is 35.1 Å². The fourth-order valence-corrected chi connectivity index (χ4v) is 2.46. The molecule has 1 aromatic rings. The molecular weight excluding hydrogens is 201 g/mol. The second-order valence-electron chi connectivity index (χ2n) is 4.72. The van der Waals surface area contributed by atoms with E-state index in [1.54, 1.807) is 12.1 Å². The van der Waals surface area contributed by atoms with Crippen molar-refractivity contribution >= 4 is 0 Å². The molecule has 0 amide bonds. The lowest BCUT2D eigenvalue weighted by Crippen LogP contribution is -2.28. The first-order chi connectivity index (χ1) is 7.78. The van der Waals surface area contributed by atoms with Gasteiger partial charge in [0.2, 0.25) is 0 Å². The molecule has 1 nitrogen and oxygen atoms in total. The number of rotatable bonds is 3. The van der Waals surface area contributed by atoms with E-state index in [1.807, 2.05) is 0 Å². The third-order valence-corrected chi connectivity index (χ3v) is 3.41. The van der Waals surface area contributed by atoms with Gasteiger partial charge in [-0.25, -0.2) is 4.39 Å². The molecule has 1 aromatic carbocycles. The van der Waals surface area contributed by atoms with Crippen LogP contribution < -0.4 is 5.32 Å². The van der Waals surface area contributed by atoms with Crippen LogP contribution in [0.2, 0.25) is 0 Å². The van der Waals surface area contributed by atoms with Crippen molar-refractivity contribution in [2.75, 3.05) is 13.1 Å². The zero-order valence-electron chi connectivity index (χ0n) is 9.93. The largest absolute Gasteiger partial charge is 0.317 e. The Kier molecular flexibility index (Phi) is 3.94. The van der Waals surface area contributed by atoms with Crippen LogP contribution >= 0.6 is 0 Å². The van der Waals surface area contributed by atoms with Crippen molar-refractivity contribution in [2.45, 2.75) is 32.6 Å². The highest BCUT2D eigenvalue weighted by molar-refractivity contribution is 5.25. The number of piperidine rings is 1. The smallest absolute Gasteiger partial charge is 0.123 e. The molecule has 0 aliphatic carbocycles. The van der Waals surface area contributed by atoms with Gasteiger partial charge in [0.15, 0.2) is 0 Å². The monoisotopic (exact) mass is 221 g/mol. The highest BCUT2D eigenvalue weighted by atomic mass is 19.1. The fourth-order valence-electron chi connectivity index (χ4n) is 2.46. The topological polar surface area (TPSA) is 12.0 Å². The number of nitrogens with one attached hydrogen (secondary N) is 1. The predicted octanol–water partition coefficient (Wildman–Crippen LogP) is 2.93. The summed E-state index contributed by atoms with van der Waals surface area (Å²) in [5.41, 5.74) is 2.28. The van der Waals surface area contributed by atoms with E-state index in [9.17, 15) is 4.39 Å². The SMILES string of the molecule is CCc1cc(F)cc(CC2CCNCC2)c1. The van der Waals surface area contributed by atoms with Crippen LogP contribution in [0.15, 0.2) is 18.2 Å². The molecule has 2 rings (SSSR count). The van der Waals surface area contributed by atoms with Gasteiger partial charge in [0.25, 0.3) is 0 Å². The van der Waals surface area contributed by atoms with Gasteiger partial charge in [-0.15, -0.1) is 0 Å². The summed E-state index contributed by atoms with van der Waals surface area (Å²) in [4.78, 5) is 0. The van der Waals surface area contributed by atoms with Gasteiger partial charge in [-0.3, -0.25) is 0 Å². The molecule has 0 atom stereocenters. The second-order valence-corrected chi connectivity index (χ2v) is 4.72. The molecule has 0 spiro atoms. The third kappa shape index (κ3) is 3.05. The van der Waals surface area contributed by atoms with E-state index in [4.69, 9.17) is 0 Å². The molecule has 0 radical (unpaired) electrons. The van der Waals surface area contributed by atoms with E-state index >= 15 is 0 Å². The van der Waals surface area contributed by atoms with E-state index in [-0.39, 0.29) is 5.82 Å². The minimum Gasteiger partial charge on any atom is -0.317 e. The average molecular weight is 221 g/mol. The molecule has 1 aliphatic rings. The first-order valence-electron chi connectivity index (χ1n) is 6.27. The van der Waals surface area contributed by atoms with Crippen molar-refractivity contribution in [1.82, 2.24) is 5.32 Å². The van der Waals surface area contributed by atoms with Gasteiger partial charge in [-0.1, -0.05) is 13.0 Å². The van der Waals surface area contributed by atoms with Crippen molar-refractivity contribution in [3.8, 4) is 0 Å². The number of hydrogen-bond donors (Lipinski definition) is 1. The summed E-state index contributed by atoms with van der Waals surface area (Å²) in [5, 5.41) is 3.36. The quantitative estimate of drug-likeness (QED) is 0.827. The summed E-state index contributed by atoms with van der Waals surface area (Å²) in [6.45, 7) is 4.30. The van der Waals surface area contributed by atoms with E-state index in [1.165, 1.54) is 18.4 Å². The fraction of sp³-hybridized carbons (Fsp3) is 0.571. The maximum absolute atomic E-state index is 13.4. The van der Waals surface area contributed by atoms with E-state index in [0.29, 0.717) is 0 Å². The molecule has 0 saturated carbocycles. The highest BCUT2D eigenvalue weighted by Crippen LogP contribution is 2.20. The molecule has 16 heavy (non-hydrogen) atoms. The summed E-state index contributed by atoms with van der Waals surface area (Å²) in [6, 6.07) is 5.50. The number of hydrogen-bond acceptors (Lipinski definition) is 1. The predicted molar refractivity (Wildman–Crippen MR) is 65.1 cm³/mol. The van der Waals surface area contributed by atoms with Crippen LogP contribution in [0.1, 0.15) is 30.9 Å². The van der Waals surface area contributed by atoms with Crippen LogP contribution in [0.5, 0.6) is 0 Å². The minimum absolute atomic E-state index is 0.0803. The first kappa shape index (κ1) is 11.6. The Morgan fingerprint density at radius 1 is 1.19 bits per heavy atom. The van der Waals surface area contributed by atoms with Crippen LogP contribution in [-0.2, 0) is 12.8 Å². The maximum atomic E-state index is 13.4. The molecule has 0 bridgehead atoms. The number of halogens is 1. The molecule has 1 N–H and O–H groups in total. The van der Waals surface area contributed by atoms with Crippen LogP contribution in [0.4, 0.5) is 4.39 Å². The van der Waals surface area contributed by atoms with E-state index in [0.717, 1.165) is 37.4 Å². The van der Waals surface area contributed by atoms with Gasteiger partial charge in [-0.2, -0.15) is 0 Å². The minimum atomic E-state index is -0.0803. The standard InChI is InChI=1S/C14H20FN/c1-2-11-7-13(10-14(15)9-11)8-12-3-5-16-6-4-12/h7,9-10,12,16H,2-6,8H2,1H3. The first-order valence-corrected chi connectivity index (χ1v) is 6.27. The Labute approximate surface area is 97.1 Å². The molecule has 88 valence electrons. The molecule has 1 aliphatic heterocycles. The second kappa shape index (κ2) is 5.44. The molecule has 1 heterocycles. The van der Waals surface area contributed by atoms with E-state index in [2.05, 4.69) is 18.3 Å². The van der Waals surface area contributed by atoms with Crippen LogP contribution in [0, 0.1) is 11.7 Å². The zero-order chi connectivity index (χ0) is 11.4. The van der Waals surface area contributed by atoms with Crippen LogP contribution in [0.3, 0.4) is 0 Å². The Balaban J connectivity index is 2.04. The van der Waals surface area contributed by atoms with Gasteiger partial charge in [-0.05, 0) is 68.0 Å². The summed E-state index contributed by atoms with van der Waals surface area (Å²) in [6.07, 6.45) is 4.39. The third-order valence-electron chi connectivity index (χ3n) is 3.41. The summed E-state index contributed by atoms with van der Waals surface area (Å²) < 4.78 is 13.4. The molecule has 2 heteroatoms. The molecule has 1 saturated heterocycles. The average Bonchev–Trinajstić information content (AvgIpc) is 2.29.